The fourth-order valence-electron chi connectivity index (χ4n) is 1.54. The van der Waals surface area contributed by atoms with E-state index in [4.69, 9.17) is 23.2 Å². The van der Waals surface area contributed by atoms with Gasteiger partial charge in [-0.25, -0.2) is 4.68 Å². The van der Waals surface area contributed by atoms with Gasteiger partial charge in [0.25, 0.3) is 0 Å². The molecule has 0 bridgehead atoms. The van der Waals surface area contributed by atoms with Gasteiger partial charge >= 0.3 is 0 Å². The zero-order valence-electron chi connectivity index (χ0n) is 9.48. The molecule has 0 N–H and O–H groups in total. The van der Waals surface area contributed by atoms with Crippen LogP contribution in [0.15, 0.2) is 30.5 Å². The van der Waals surface area contributed by atoms with Gasteiger partial charge in [-0.1, -0.05) is 41.9 Å². The minimum absolute atomic E-state index is 0.0741. The molecule has 1 aromatic carbocycles. The predicted molar refractivity (Wildman–Crippen MR) is 69.5 cm³/mol. The van der Waals surface area contributed by atoms with Crippen molar-refractivity contribution in [1.29, 1.82) is 0 Å². The van der Waals surface area contributed by atoms with Gasteiger partial charge in [-0.2, -0.15) is 0 Å². The molecule has 0 saturated carbocycles. The lowest BCUT2D eigenvalue weighted by molar-refractivity contribution is 0.649. The highest BCUT2D eigenvalue weighted by atomic mass is 35.5. The Bertz CT molecular complexity index is 496. The van der Waals surface area contributed by atoms with Crippen molar-refractivity contribution >= 4 is 23.2 Å². The Morgan fingerprint density at radius 1 is 1.35 bits per heavy atom. The van der Waals surface area contributed by atoms with Gasteiger partial charge in [0, 0.05) is 5.02 Å². The number of rotatable bonds is 4. The highest BCUT2D eigenvalue weighted by Gasteiger charge is 2.10. The molecule has 0 amide bonds. The van der Waals surface area contributed by atoms with Crippen molar-refractivity contribution in [2.24, 2.45) is 0 Å². The lowest BCUT2D eigenvalue weighted by atomic mass is 10.2. The van der Waals surface area contributed by atoms with Crippen molar-refractivity contribution in [2.45, 2.75) is 25.3 Å². The van der Waals surface area contributed by atoms with E-state index in [9.17, 15) is 0 Å². The number of hydrogen-bond acceptors (Lipinski definition) is 2. The summed E-state index contributed by atoms with van der Waals surface area (Å²) in [6.07, 6.45) is 2.71. The quantitative estimate of drug-likeness (QED) is 0.793. The van der Waals surface area contributed by atoms with Crippen LogP contribution in [-0.4, -0.2) is 15.0 Å². The van der Waals surface area contributed by atoms with Gasteiger partial charge in [0.05, 0.1) is 18.1 Å². The second kappa shape index (κ2) is 5.52. The van der Waals surface area contributed by atoms with E-state index in [0.717, 1.165) is 22.7 Å². The second-order valence-corrected chi connectivity index (χ2v) is 4.74. The molecular formula is C12H13Cl2N3. The predicted octanol–water partition coefficient (Wildman–Crippen LogP) is 3.67. The molecule has 1 aromatic heterocycles. The number of alkyl halides is 1. The van der Waals surface area contributed by atoms with Crippen molar-refractivity contribution in [3.05, 3.63) is 46.7 Å². The van der Waals surface area contributed by atoms with Crippen molar-refractivity contribution in [2.75, 3.05) is 0 Å². The average Bonchev–Trinajstić information content (AvgIpc) is 2.80. The van der Waals surface area contributed by atoms with E-state index in [2.05, 4.69) is 10.3 Å². The maximum Gasteiger partial charge on any atom is 0.101 e. The van der Waals surface area contributed by atoms with E-state index in [-0.39, 0.29) is 5.38 Å². The van der Waals surface area contributed by atoms with E-state index >= 15 is 0 Å². The molecule has 3 nitrogen and oxygen atoms in total. The van der Waals surface area contributed by atoms with Crippen LogP contribution in [-0.2, 0) is 6.54 Å². The first-order valence-electron chi connectivity index (χ1n) is 5.48. The molecule has 0 aliphatic heterocycles. The van der Waals surface area contributed by atoms with Gasteiger partial charge in [0.1, 0.15) is 5.69 Å². The largest absolute Gasteiger partial charge is 0.248 e. The SMILES string of the molecule is CCC(Cl)c1cn(Cc2ccccc2Cl)nn1. The minimum Gasteiger partial charge on any atom is -0.248 e. The maximum atomic E-state index is 6.10. The summed E-state index contributed by atoms with van der Waals surface area (Å²) >= 11 is 12.2. The molecule has 1 atom stereocenters. The first-order chi connectivity index (χ1) is 8.20. The van der Waals surface area contributed by atoms with Crippen molar-refractivity contribution in [3.8, 4) is 0 Å². The summed E-state index contributed by atoms with van der Waals surface area (Å²) < 4.78 is 1.75. The molecule has 0 saturated heterocycles. The van der Waals surface area contributed by atoms with Gasteiger partial charge in [0.2, 0.25) is 0 Å². The highest BCUT2D eigenvalue weighted by Crippen LogP contribution is 2.21. The smallest absolute Gasteiger partial charge is 0.101 e. The zero-order chi connectivity index (χ0) is 12.3. The number of benzene rings is 1. The summed E-state index contributed by atoms with van der Waals surface area (Å²) in [5, 5.41) is 8.76. The van der Waals surface area contributed by atoms with Crippen LogP contribution in [0.5, 0.6) is 0 Å². The Hall–Kier alpha value is -1.06. The van der Waals surface area contributed by atoms with E-state index in [1.807, 2.05) is 37.4 Å². The Morgan fingerprint density at radius 2 is 2.12 bits per heavy atom. The van der Waals surface area contributed by atoms with Crippen LogP contribution in [0.25, 0.3) is 0 Å². The number of hydrogen-bond donors (Lipinski definition) is 0. The Labute approximate surface area is 110 Å². The Morgan fingerprint density at radius 3 is 2.82 bits per heavy atom. The normalized spacial score (nSPS) is 12.6. The molecule has 2 rings (SSSR count). The van der Waals surface area contributed by atoms with Gasteiger partial charge < -0.3 is 0 Å². The first kappa shape index (κ1) is 12.4. The van der Waals surface area contributed by atoms with Crippen LogP contribution < -0.4 is 0 Å². The fraction of sp³-hybridized carbons (Fsp3) is 0.333. The Kier molecular flexibility index (Phi) is 4.02. The molecule has 0 fully saturated rings. The van der Waals surface area contributed by atoms with Gasteiger partial charge in [-0.15, -0.1) is 16.7 Å². The molecule has 5 heteroatoms. The molecule has 0 radical (unpaired) electrons. The van der Waals surface area contributed by atoms with Gasteiger partial charge in [0.15, 0.2) is 0 Å². The van der Waals surface area contributed by atoms with E-state index < -0.39 is 0 Å². The van der Waals surface area contributed by atoms with Crippen molar-refractivity contribution < 1.29 is 0 Å². The zero-order valence-corrected chi connectivity index (χ0v) is 11.0. The third-order valence-electron chi connectivity index (χ3n) is 2.53. The van der Waals surface area contributed by atoms with E-state index in [1.54, 1.807) is 4.68 Å². The first-order valence-corrected chi connectivity index (χ1v) is 6.29. The Balaban J connectivity index is 2.14. The number of aromatic nitrogens is 3. The standard InChI is InChI=1S/C12H13Cl2N3/c1-2-10(13)12-8-17(16-15-12)7-9-5-3-4-6-11(9)14/h3-6,8,10H,2,7H2,1H3. The highest BCUT2D eigenvalue weighted by molar-refractivity contribution is 6.31. The summed E-state index contributed by atoms with van der Waals surface area (Å²) in [7, 11) is 0. The van der Waals surface area contributed by atoms with Gasteiger partial charge in [-0.3, -0.25) is 0 Å². The van der Waals surface area contributed by atoms with E-state index in [1.165, 1.54) is 0 Å². The fourth-order valence-corrected chi connectivity index (χ4v) is 1.84. The molecule has 90 valence electrons. The maximum absolute atomic E-state index is 6.10. The third-order valence-corrected chi connectivity index (χ3v) is 3.43. The summed E-state index contributed by atoms with van der Waals surface area (Å²) in [6.45, 7) is 2.63. The summed E-state index contributed by atoms with van der Waals surface area (Å²) in [5.41, 5.74) is 1.83. The summed E-state index contributed by atoms with van der Waals surface area (Å²) in [5.74, 6) is 0. The lowest BCUT2D eigenvalue weighted by Crippen LogP contribution is -2.00. The average molecular weight is 270 g/mol. The topological polar surface area (TPSA) is 30.7 Å². The molecule has 2 aromatic rings. The van der Waals surface area contributed by atoms with Crippen molar-refractivity contribution in [1.82, 2.24) is 15.0 Å². The van der Waals surface area contributed by atoms with Crippen LogP contribution in [0.4, 0.5) is 0 Å². The number of nitrogens with zero attached hydrogens (tertiary/aromatic N) is 3. The van der Waals surface area contributed by atoms with Crippen molar-refractivity contribution in [3.63, 3.8) is 0 Å². The summed E-state index contributed by atoms with van der Waals surface area (Å²) in [6, 6.07) is 7.70. The summed E-state index contributed by atoms with van der Waals surface area (Å²) in [4.78, 5) is 0. The van der Waals surface area contributed by atoms with Crippen LogP contribution >= 0.6 is 23.2 Å². The van der Waals surface area contributed by atoms with Crippen LogP contribution in [0.1, 0.15) is 30.0 Å². The van der Waals surface area contributed by atoms with E-state index in [0.29, 0.717) is 6.54 Å². The molecule has 0 aliphatic rings. The molecule has 0 spiro atoms. The third kappa shape index (κ3) is 2.99. The minimum atomic E-state index is -0.0741. The molecule has 1 heterocycles. The second-order valence-electron chi connectivity index (χ2n) is 3.81. The van der Waals surface area contributed by atoms with Crippen LogP contribution in [0, 0.1) is 0 Å². The molecular weight excluding hydrogens is 257 g/mol. The van der Waals surface area contributed by atoms with Crippen LogP contribution in [0.2, 0.25) is 5.02 Å². The lowest BCUT2D eigenvalue weighted by Gasteiger charge is -2.03. The molecule has 17 heavy (non-hydrogen) atoms. The van der Waals surface area contributed by atoms with Crippen LogP contribution in [0.3, 0.4) is 0 Å². The van der Waals surface area contributed by atoms with Gasteiger partial charge in [-0.05, 0) is 18.1 Å². The monoisotopic (exact) mass is 269 g/mol. The molecule has 1 unspecified atom stereocenters. The number of halogens is 2. The molecule has 0 aliphatic carbocycles.